The summed E-state index contributed by atoms with van der Waals surface area (Å²) in [6.07, 6.45) is 0.719. The van der Waals surface area contributed by atoms with E-state index in [1.165, 1.54) is 17.1 Å². The standard InChI is InChI=1S/C35H37Cl2N5O5/c1-2-14-42(35(47)38-20-24-10-12-28(36)29(37)17-24)41-16-15-40(21-26-8-5-7-25-6-3-4-9-27(25)26)34(46)30(39-33(45)22-41)18-23-11-13-31(43)32(44)19-23/h3-13,17,19,30,43-44H,2,14-16,18,20-22H2,1H3,(H,38,47)(H,39,45)/t30-/m0/s1. The van der Waals surface area contributed by atoms with Gasteiger partial charge in [0.05, 0.1) is 16.6 Å². The number of aromatic hydroxyl groups is 2. The van der Waals surface area contributed by atoms with Crippen molar-refractivity contribution in [3.05, 3.63) is 106 Å². The van der Waals surface area contributed by atoms with E-state index in [2.05, 4.69) is 10.6 Å². The summed E-state index contributed by atoms with van der Waals surface area (Å²) in [6.45, 7) is 3.04. The Morgan fingerprint density at radius 2 is 1.70 bits per heavy atom. The Bertz CT molecular complexity index is 1760. The molecule has 4 N–H and O–H groups in total. The van der Waals surface area contributed by atoms with Crippen molar-refractivity contribution in [1.29, 1.82) is 0 Å². The SMILES string of the molecule is CCCN(C(=O)NCc1ccc(Cl)c(Cl)c1)N1CCN(Cc2cccc3ccccc23)C(=O)[C@H](Cc2ccc(O)c(O)c2)NC(=O)C1. The molecule has 1 atom stereocenters. The maximum Gasteiger partial charge on any atom is 0.332 e. The number of hydrogen-bond acceptors (Lipinski definition) is 6. The molecule has 4 aromatic rings. The Labute approximate surface area is 283 Å². The maximum atomic E-state index is 14.2. The van der Waals surface area contributed by atoms with Gasteiger partial charge in [-0.3, -0.25) is 14.6 Å². The summed E-state index contributed by atoms with van der Waals surface area (Å²) < 4.78 is 0. The highest BCUT2D eigenvalue weighted by molar-refractivity contribution is 6.42. The molecular weight excluding hydrogens is 641 g/mol. The molecule has 1 aliphatic rings. The number of phenolic OH excluding ortho intramolecular Hbond substituents is 2. The van der Waals surface area contributed by atoms with Crippen molar-refractivity contribution in [2.75, 3.05) is 26.2 Å². The van der Waals surface area contributed by atoms with Crippen molar-refractivity contribution in [2.45, 2.75) is 38.9 Å². The molecule has 0 unspecified atom stereocenters. The zero-order valence-electron chi connectivity index (χ0n) is 26.0. The van der Waals surface area contributed by atoms with Crippen LogP contribution in [0, 0.1) is 0 Å². The molecule has 1 fully saturated rings. The van der Waals surface area contributed by atoms with Gasteiger partial charge in [-0.25, -0.2) is 9.80 Å². The minimum atomic E-state index is -0.954. The van der Waals surface area contributed by atoms with Crippen LogP contribution in [0.5, 0.6) is 11.5 Å². The topological polar surface area (TPSA) is 125 Å². The van der Waals surface area contributed by atoms with E-state index < -0.39 is 18.0 Å². The first-order valence-corrected chi connectivity index (χ1v) is 16.2. The van der Waals surface area contributed by atoms with Gasteiger partial charge in [0.15, 0.2) is 11.5 Å². The molecule has 10 nitrogen and oxygen atoms in total. The second kappa shape index (κ2) is 15.4. The van der Waals surface area contributed by atoms with Gasteiger partial charge >= 0.3 is 6.03 Å². The van der Waals surface area contributed by atoms with Crippen LogP contribution in [0.25, 0.3) is 10.8 Å². The van der Waals surface area contributed by atoms with Crippen LogP contribution in [-0.4, -0.2) is 75.2 Å². The molecule has 246 valence electrons. The zero-order valence-corrected chi connectivity index (χ0v) is 27.5. The first-order valence-electron chi connectivity index (χ1n) is 15.4. The van der Waals surface area contributed by atoms with E-state index in [1.807, 2.05) is 49.4 Å². The molecule has 0 bridgehead atoms. The Balaban J connectivity index is 1.42. The number of hydrazine groups is 1. The lowest BCUT2D eigenvalue weighted by Gasteiger charge is -2.35. The van der Waals surface area contributed by atoms with Gasteiger partial charge in [0, 0.05) is 39.1 Å². The first kappa shape index (κ1) is 33.8. The Morgan fingerprint density at radius 1 is 0.936 bits per heavy atom. The largest absolute Gasteiger partial charge is 0.504 e. The summed E-state index contributed by atoms with van der Waals surface area (Å²) >= 11 is 12.2. The van der Waals surface area contributed by atoms with Crippen molar-refractivity contribution in [1.82, 2.24) is 25.6 Å². The number of carbonyl (C=O) groups excluding carboxylic acids is 3. The number of hydrogen-bond donors (Lipinski definition) is 4. The van der Waals surface area contributed by atoms with Gasteiger partial charge in [-0.1, -0.05) is 84.7 Å². The van der Waals surface area contributed by atoms with Gasteiger partial charge in [-0.2, -0.15) is 0 Å². The Morgan fingerprint density at radius 3 is 2.47 bits per heavy atom. The summed E-state index contributed by atoms with van der Waals surface area (Å²) in [7, 11) is 0. The third-order valence-corrected chi connectivity index (χ3v) is 8.80. The zero-order chi connectivity index (χ0) is 33.5. The molecule has 47 heavy (non-hydrogen) atoms. The van der Waals surface area contributed by atoms with E-state index in [0.29, 0.717) is 28.6 Å². The third-order valence-electron chi connectivity index (χ3n) is 8.06. The smallest absolute Gasteiger partial charge is 0.332 e. The van der Waals surface area contributed by atoms with Crippen LogP contribution in [0.3, 0.4) is 0 Å². The number of benzene rings is 4. The van der Waals surface area contributed by atoms with Crippen LogP contribution in [0.15, 0.2) is 78.9 Å². The predicted octanol–water partition coefficient (Wildman–Crippen LogP) is 5.47. The highest BCUT2D eigenvalue weighted by Crippen LogP contribution is 2.27. The molecule has 1 saturated heterocycles. The van der Waals surface area contributed by atoms with Crippen molar-refractivity contribution in [3.8, 4) is 11.5 Å². The number of phenols is 2. The van der Waals surface area contributed by atoms with Crippen LogP contribution in [0.4, 0.5) is 4.79 Å². The van der Waals surface area contributed by atoms with E-state index in [4.69, 9.17) is 23.2 Å². The van der Waals surface area contributed by atoms with Crippen molar-refractivity contribution >= 4 is 51.8 Å². The fourth-order valence-corrected chi connectivity index (χ4v) is 6.00. The van der Waals surface area contributed by atoms with Crippen molar-refractivity contribution in [3.63, 3.8) is 0 Å². The number of urea groups is 1. The number of nitrogens with one attached hydrogen (secondary N) is 2. The van der Waals surface area contributed by atoms with E-state index in [9.17, 15) is 24.6 Å². The molecule has 0 saturated carbocycles. The fourth-order valence-electron chi connectivity index (χ4n) is 5.68. The van der Waals surface area contributed by atoms with Gasteiger partial charge in [-0.05, 0) is 58.1 Å². The third kappa shape index (κ3) is 8.45. The van der Waals surface area contributed by atoms with Gasteiger partial charge in [0.25, 0.3) is 0 Å². The number of halogens is 2. The van der Waals surface area contributed by atoms with Crippen LogP contribution in [0.1, 0.15) is 30.0 Å². The molecular formula is C35H37Cl2N5O5. The molecule has 0 radical (unpaired) electrons. The van der Waals surface area contributed by atoms with Gasteiger partial charge in [0.1, 0.15) is 6.04 Å². The average Bonchev–Trinajstić information content (AvgIpc) is 3.11. The summed E-state index contributed by atoms with van der Waals surface area (Å²) in [5.41, 5.74) is 2.27. The van der Waals surface area contributed by atoms with Crippen LogP contribution < -0.4 is 10.6 Å². The lowest BCUT2D eigenvalue weighted by atomic mass is 10.0. The summed E-state index contributed by atoms with van der Waals surface area (Å²) in [4.78, 5) is 42.9. The number of amides is 4. The summed E-state index contributed by atoms with van der Waals surface area (Å²) in [6, 6.07) is 22.0. The number of fused-ring (bicyclic) bond motifs is 1. The highest BCUT2D eigenvalue weighted by Gasteiger charge is 2.32. The molecule has 1 heterocycles. The van der Waals surface area contributed by atoms with Crippen LogP contribution in [-0.2, 0) is 29.1 Å². The minimum Gasteiger partial charge on any atom is -0.504 e. The molecule has 12 heteroatoms. The van der Waals surface area contributed by atoms with E-state index in [-0.39, 0.29) is 56.6 Å². The average molecular weight is 679 g/mol. The van der Waals surface area contributed by atoms with Crippen LogP contribution >= 0.6 is 23.2 Å². The van der Waals surface area contributed by atoms with Crippen molar-refractivity contribution in [2.24, 2.45) is 0 Å². The minimum absolute atomic E-state index is 0.0905. The molecule has 4 amide bonds. The number of rotatable bonds is 9. The lowest BCUT2D eigenvalue weighted by molar-refractivity contribution is -0.136. The van der Waals surface area contributed by atoms with Crippen LogP contribution in [0.2, 0.25) is 10.0 Å². The fraction of sp³-hybridized carbons (Fsp3) is 0.286. The Kier molecular flexibility index (Phi) is 11.1. The molecule has 5 rings (SSSR count). The molecule has 0 aliphatic carbocycles. The van der Waals surface area contributed by atoms with Gasteiger partial charge in [-0.15, -0.1) is 0 Å². The molecule has 1 aliphatic heterocycles. The number of carbonyl (C=O) groups is 3. The van der Waals surface area contributed by atoms with Gasteiger partial charge < -0.3 is 25.7 Å². The predicted molar refractivity (Wildman–Crippen MR) is 182 cm³/mol. The van der Waals surface area contributed by atoms with Crippen molar-refractivity contribution < 1.29 is 24.6 Å². The molecule has 4 aromatic carbocycles. The number of nitrogens with zero attached hydrogens (tertiary/aromatic N) is 3. The van der Waals surface area contributed by atoms with E-state index in [1.54, 1.807) is 34.2 Å². The van der Waals surface area contributed by atoms with Gasteiger partial charge in [0.2, 0.25) is 11.8 Å². The van der Waals surface area contributed by atoms with E-state index in [0.717, 1.165) is 21.9 Å². The second-order valence-electron chi connectivity index (χ2n) is 11.5. The van der Waals surface area contributed by atoms with E-state index >= 15 is 0 Å². The Hall–Kier alpha value is -4.51. The maximum absolute atomic E-state index is 14.2. The lowest BCUT2D eigenvalue weighted by Crippen LogP contribution is -2.55. The first-order chi connectivity index (χ1) is 22.6. The second-order valence-corrected chi connectivity index (χ2v) is 12.3. The molecule has 0 spiro atoms. The highest BCUT2D eigenvalue weighted by atomic mass is 35.5. The summed E-state index contributed by atoms with van der Waals surface area (Å²) in [5, 5.41) is 31.7. The molecule has 0 aromatic heterocycles. The monoisotopic (exact) mass is 677 g/mol. The summed E-state index contributed by atoms with van der Waals surface area (Å²) in [5.74, 6) is -1.32. The normalized spacial score (nSPS) is 15.9. The quantitative estimate of drug-likeness (QED) is 0.174.